The van der Waals surface area contributed by atoms with E-state index in [1.807, 2.05) is 0 Å². The molecule has 0 spiro atoms. The number of hydrogen-bond donors (Lipinski definition) is 0. The molecule has 0 aromatic carbocycles. The second-order valence-electron chi connectivity index (χ2n) is 6.43. The minimum atomic E-state index is 0.621. The standard InChI is InChI=1S/C19H37IN/c1-5-8-10-12-14-17-21(16-7-3,19(4)20)18-15-13-11-9-6-2/h3,19H,5-6,8-18H2,1-2,4H3/q+1. The zero-order valence-electron chi connectivity index (χ0n) is 14.7. The normalized spacial score (nSPS) is 13.1. The molecule has 0 radical (unpaired) electrons. The summed E-state index contributed by atoms with van der Waals surface area (Å²) in [5.74, 6) is 2.96. The van der Waals surface area contributed by atoms with Crippen molar-refractivity contribution in [2.75, 3.05) is 19.6 Å². The van der Waals surface area contributed by atoms with Gasteiger partial charge in [0.15, 0.2) is 0 Å². The first-order valence-electron chi connectivity index (χ1n) is 9.06. The molecule has 1 atom stereocenters. The molecule has 0 aliphatic rings. The number of halogens is 1. The van der Waals surface area contributed by atoms with E-state index in [9.17, 15) is 0 Å². The predicted octanol–water partition coefficient (Wildman–Crippen LogP) is 6.16. The molecule has 124 valence electrons. The van der Waals surface area contributed by atoms with Crippen LogP contribution in [-0.2, 0) is 0 Å². The molecule has 0 aromatic heterocycles. The van der Waals surface area contributed by atoms with Gasteiger partial charge in [-0.2, -0.15) is 0 Å². The highest BCUT2D eigenvalue weighted by atomic mass is 127. The first-order valence-corrected chi connectivity index (χ1v) is 10.3. The Morgan fingerprint density at radius 3 is 1.62 bits per heavy atom. The van der Waals surface area contributed by atoms with Gasteiger partial charge in [-0.3, -0.25) is 0 Å². The van der Waals surface area contributed by atoms with Crippen molar-refractivity contribution in [3.8, 4) is 12.3 Å². The van der Waals surface area contributed by atoms with Crippen LogP contribution in [-0.4, -0.2) is 28.2 Å². The molecule has 0 saturated carbocycles. The summed E-state index contributed by atoms with van der Waals surface area (Å²) in [5, 5.41) is 0. The highest BCUT2D eigenvalue weighted by Gasteiger charge is 2.30. The monoisotopic (exact) mass is 406 g/mol. The molecule has 0 bridgehead atoms. The Morgan fingerprint density at radius 1 is 0.857 bits per heavy atom. The van der Waals surface area contributed by atoms with Gasteiger partial charge in [-0.25, -0.2) is 0 Å². The molecule has 0 fully saturated rings. The third-order valence-electron chi connectivity index (χ3n) is 4.57. The summed E-state index contributed by atoms with van der Waals surface area (Å²) >= 11 is 2.59. The highest BCUT2D eigenvalue weighted by molar-refractivity contribution is 14.1. The Hall–Kier alpha value is 0.250. The van der Waals surface area contributed by atoms with Crippen LogP contribution in [0, 0.1) is 12.3 Å². The van der Waals surface area contributed by atoms with Gasteiger partial charge < -0.3 is 4.48 Å². The Labute approximate surface area is 148 Å². The van der Waals surface area contributed by atoms with Crippen LogP contribution in [0.1, 0.15) is 85.0 Å². The summed E-state index contributed by atoms with van der Waals surface area (Å²) in [6.07, 6.45) is 19.3. The first-order chi connectivity index (χ1) is 10.1. The van der Waals surface area contributed by atoms with Crippen LogP contribution in [0.4, 0.5) is 0 Å². The Kier molecular flexibility index (Phi) is 14.0. The maximum Gasteiger partial charge on any atom is 0.141 e. The number of rotatable bonds is 14. The van der Waals surface area contributed by atoms with Gasteiger partial charge in [0.2, 0.25) is 0 Å². The van der Waals surface area contributed by atoms with E-state index < -0.39 is 0 Å². The fourth-order valence-corrected chi connectivity index (χ4v) is 3.75. The average molecular weight is 406 g/mol. The molecule has 0 aromatic rings. The van der Waals surface area contributed by atoms with Crippen molar-refractivity contribution < 1.29 is 4.48 Å². The molecule has 0 aliphatic heterocycles. The number of quaternary nitrogens is 1. The molecule has 0 saturated heterocycles. The van der Waals surface area contributed by atoms with Gasteiger partial charge >= 0.3 is 0 Å². The topological polar surface area (TPSA) is 0 Å². The van der Waals surface area contributed by atoms with E-state index in [4.69, 9.17) is 6.42 Å². The lowest BCUT2D eigenvalue weighted by atomic mass is 10.1. The molecule has 0 amide bonds. The molecular formula is C19H37IN+. The molecule has 2 heteroatoms. The molecule has 21 heavy (non-hydrogen) atoms. The number of alkyl halides is 1. The van der Waals surface area contributed by atoms with Crippen molar-refractivity contribution in [3.63, 3.8) is 0 Å². The van der Waals surface area contributed by atoms with Crippen LogP contribution >= 0.6 is 22.6 Å². The zero-order valence-corrected chi connectivity index (χ0v) is 16.8. The summed E-state index contributed by atoms with van der Waals surface area (Å²) in [6, 6.07) is 0. The van der Waals surface area contributed by atoms with Crippen molar-refractivity contribution in [3.05, 3.63) is 0 Å². The maximum absolute atomic E-state index is 5.69. The summed E-state index contributed by atoms with van der Waals surface area (Å²) in [4.78, 5) is 0. The molecule has 1 unspecified atom stereocenters. The van der Waals surface area contributed by atoms with E-state index >= 15 is 0 Å². The predicted molar refractivity (Wildman–Crippen MR) is 105 cm³/mol. The van der Waals surface area contributed by atoms with Crippen LogP contribution in [0.25, 0.3) is 0 Å². The molecule has 0 rings (SSSR count). The van der Waals surface area contributed by atoms with Gasteiger partial charge in [0, 0.05) is 0 Å². The lowest BCUT2D eigenvalue weighted by molar-refractivity contribution is -0.926. The molecule has 0 aliphatic carbocycles. The van der Waals surface area contributed by atoms with Crippen LogP contribution < -0.4 is 0 Å². The van der Waals surface area contributed by atoms with Gasteiger partial charge in [-0.1, -0.05) is 52.4 Å². The second-order valence-corrected chi connectivity index (χ2v) is 8.23. The fraction of sp³-hybridized carbons (Fsp3) is 0.895. The van der Waals surface area contributed by atoms with E-state index in [-0.39, 0.29) is 0 Å². The third kappa shape index (κ3) is 9.79. The Bertz CT molecular complexity index is 253. The summed E-state index contributed by atoms with van der Waals surface area (Å²) in [6.45, 7) is 10.4. The first kappa shape index (κ1) is 21.2. The lowest BCUT2D eigenvalue weighted by Crippen LogP contribution is -2.53. The number of terminal acetylenes is 1. The molecule has 0 heterocycles. The van der Waals surface area contributed by atoms with Crippen LogP contribution in [0.15, 0.2) is 0 Å². The van der Waals surface area contributed by atoms with Crippen molar-refractivity contribution in [1.29, 1.82) is 0 Å². The fourth-order valence-electron chi connectivity index (χ4n) is 2.99. The van der Waals surface area contributed by atoms with E-state index in [2.05, 4.69) is 49.3 Å². The van der Waals surface area contributed by atoms with E-state index in [0.717, 1.165) is 11.0 Å². The Balaban J connectivity index is 4.29. The minimum absolute atomic E-state index is 0.621. The van der Waals surface area contributed by atoms with Crippen molar-refractivity contribution in [1.82, 2.24) is 0 Å². The molecular weight excluding hydrogens is 369 g/mol. The highest BCUT2D eigenvalue weighted by Crippen LogP contribution is 2.23. The van der Waals surface area contributed by atoms with Gasteiger partial charge in [-0.15, -0.1) is 6.42 Å². The Morgan fingerprint density at radius 2 is 1.29 bits per heavy atom. The van der Waals surface area contributed by atoms with E-state index in [1.54, 1.807) is 0 Å². The van der Waals surface area contributed by atoms with Crippen LogP contribution in [0.2, 0.25) is 0 Å². The minimum Gasteiger partial charge on any atom is -0.303 e. The van der Waals surface area contributed by atoms with Crippen molar-refractivity contribution in [2.45, 2.75) is 89.0 Å². The number of hydrogen-bond acceptors (Lipinski definition) is 0. The van der Waals surface area contributed by atoms with E-state index in [1.165, 1.54) is 77.3 Å². The number of unbranched alkanes of at least 4 members (excludes halogenated alkanes) is 8. The van der Waals surface area contributed by atoms with Gasteiger partial charge in [0.1, 0.15) is 10.6 Å². The molecule has 1 nitrogen and oxygen atoms in total. The largest absolute Gasteiger partial charge is 0.303 e. The lowest BCUT2D eigenvalue weighted by Gasteiger charge is -2.40. The van der Waals surface area contributed by atoms with Crippen LogP contribution in [0.3, 0.4) is 0 Å². The van der Waals surface area contributed by atoms with Gasteiger partial charge in [0.05, 0.1) is 13.1 Å². The average Bonchev–Trinajstić information content (AvgIpc) is 2.46. The summed E-state index contributed by atoms with van der Waals surface area (Å²) in [7, 11) is 0. The van der Waals surface area contributed by atoms with Crippen molar-refractivity contribution >= 4 is 22.6 Å². The summed E-state index contributed by atoms with van der Waals surface area (Å²) < 4.78 is 1.76. The second kappa shape index (κ2) is 13.9. The summed E-state index contributed by atoms with van der Waals surface area (Å²) in [5.41, 5.74) is 0. The number of nitrogens with zero attached hydrogens (tertiary/aromatic N) is 1. The third-order valence-corrected chi connectivity index (χ3v) is 5.76. The van der Waals surface area contributed by atoms with E-state index in [0.29, 0.717) is 4.05 Å². The van der Waals surface area contributed by atoms with Gasteiger partial charge in [-0.05, 0) is 61.1 Å². The smallest absolute Gasteiger partial charge is 0.141 e. The zero-order chi connectivity index (χ0) is 16.0. The van der Waals surface area contributed by atoms with Crippen molar-refractivity contribution in [2.24, 2.45) is 0 Å². The quantitative estimate of drug-likeness (QED) is 0.0810. The molecule has 0 N–H and O–H groups in total. The SMILES string of the molecule is C#CC[N+](CCCCCCC)(CCCCCCC)C(C)I. The van der Waals surface area contributed by atoms with Crippen LogP contribution in [0.5, 0.6) is 0 Å². The maximum atomic E-state index is 5.69. The van der Waals surface area contributed by atoms with Gasteiger partial charge in [0.25, 0.3) is 0 Å².